The smallest absolute Gasteiger partial charge is 0.326 e. The summed E-state index contributed by atoms with van der Waals surface area (Å²) in [4.78, 5) is 42.2. The van der Waals surface area contributed by atoms with Gasteiger partial charge < -0.3 is 20.1 Å². The van der Waals surface area contributed by atoms with Gasteiger partial charge in [0.1, 0.15) is 11.8 Å². The molecular weight excluding hydrogens is 374 g/mol. The van der Waals surface area contributed by atoms with E-state index in [1.54, 1.807) is 31.4 Å². The van der Waals surface area contributed by atoms with Gasteiger partial charge in [-0.2, -0.15) is 0 Å². The predicted octanol–water partition coefficient (Wildman–Crippen LogP) is 2.17. The molecule has 0 saturated heterocycles. The van der Waals surface area contributed by atoms with Crippen LogP contribution in [0.2, 0.25) is 0 Å². The zero-order valence-electron chi connectivity index (χ0n) is 16.8. The number of carboxylic acids is 1. The molecule has 0 spiro atoms. The number of carboxylic acid groups (broad SMARTS) is 1. The Morgan fingerprint density at radius 2 is 2.03 bits per heavy atom. The summed E-state index contributed by atoms with van der Waals surface area (Å²) in [6.07, 6.45) is 2.06. The van der Waals surface area contributed by atoms with Crippen molar-refractivity contribution in [1.82, 2.24) is 15.2 Å². The average Bonchev–Trinajstić information content (AvgIpc) is 3.54. The quantitative estimate of drug-likeness (QED) is 0.704. The molecule has 0 bridgehead atoms. The number of methoxy groups -OCH3 is 1. The molecule has 1 aromatic carbocycles. The number of rotatable bonds is 8. The van der Waals surface area contributed by atoms with Crippen LogP contribution in [0.1, 0.15) is 48.7 Å². The highest BCUT2D eigenvalue weighted by molar-refractivity contribution is 6.07. The molecule has 2 N–H and O–H groups in total. The third-order valence-electron chi connectivity index (χ3n) is 5.07. The van der Waals surface area contributed by atoms with Gasteiger partial charge >= 0.3 is 5.97 Å². The molecule has 1 aliphatic carbocycles. The van der Waals surface area contributed by atoms with Crippen molar-refractivity contribution < 1.29 is 24.2 Å². The molecule has 1 heterocycles. The summed E-state index contributed by atoms with van der Waals surface area (Å²) >= 11 is 0. The zero-order chi connectivity index (χ0) is 21.1. The van der Waals surface area contributed by atoms with Gasteiger partial charge in [-0.1, -0.05) is 0 Å². The molecule has 2 amide bonds. The van der Waals surface area contributed by atoms with Crippen molar-refractivity contribution in [1.29, 1.82) is 0 Å². The lowest BCUT2D eigenvalue weighted by molar-refractivity contribution is -0.141. The van der Waals surface area contributed by atoms with E-state index < -0.39 is 17.9 Å². The number of amides is 2. The fourth-order valence-corrected chi connectivity index (χ4v) is 3.23. The summed E-state index contributed by atoms with van der Waals surface area (Å²) in [5, 5.41) is 12.7. The maximum Gasteiger partial charge on any atom is 0.326 e. The number of ether oxygens (including phenoxy) is 1. The molecule has 8 heteroatoms. The van der Waals surface area contributed by atoms with Crippen molar-refractivity contribution in [3.63, 3.8) is 0 Å². The molecule has 29 heavy (non-hydrogen) atoms. The summed E-state index contributed by atoms with van der Waals surface area (Å²) in [5.74, 6) is -0.843. The lowest BCUT2D eigenvalue weighted by Gasteiger charge is -2.27. The molecule has 0 aliphatic heterocycles. The second-order valence-corrected chi connectivity index (χ2v) is 7.25. The van der Waals surface area contributed by atoms with Gasteiger partial charge in [0.25, 0.3) is 5.91 Å². The topological polar surface area (TPSA) is 109 Å². The van der Waals surface area contributed by atoms with Crippen molar-refractivity contribution >= 4 is 28.7 Å². The van der Waals surface area contributed by atoms with Crippen LogP contribution >= 0.6 is 0 Å². The predicted molar refractivity (Wildman–Crippen MR) is 107 cm³/mol. The lowest BCUT2D eigenvalue weighted by atomic mass is 10.0. The SMILES string of the molecule is COc1ccc2nc(C3CC3)cc(C(=O)N(CCNC(C)=O)C(C)C(=O)O)c2c1. The first-order chi connectivity index (χ1) is 13.8. The largest absolute Gasteiger partial charge is 0.497 e. The van der Waals surface area contributed by atoms with E-state index in [-0.39, 0.29) is 19.0 Å². The van der Waals surface area contributed by atoms with Gasteiger partial charge in [-0.3, -0.25) is 14.6 Å². The molecule has 8 nitrogen and oxygen atoms in total. The molecule has 1 fully saturated rings. The van der Waals surface area contributed by atoms with Crippen LogP contribution in [0, 0.1) is 0 Å². The number of aliphatic carboxylic acids is 1. The second kappa shape index (κ2) is 8.46. The molecule has 154 valence electrons. The van der Waals surface area contributed by atoms with E-state index in [0.717, 1.165) is 18.5 Å². The first-order valence-corrected chi connectivity index (χ1v) is 9.58. The van der Waals surface area contributed by atoms with Crippen molar-refractivity contribution in [2.45, 2.75) is 38.6 Å². The lowest BCUT2D eigenvalue weighted by Crippen LogP contribution is -2.46. The van der Waals surface area contributed by atoms with Crippen molar-refractivity contribution in [3.05, 3.63) is 35.5 Å². The van der Waals surface area contributed by atoms with E-state index in [2.05, 4.69) is 10.3 Å². The van der Waals surface area contributed by atoms with Gasteiger partial charge in [-0.25, -0.2) is 4.79 Å². The Kier molecular flexibility index (Phi) is 6.00. The van der Waals surface area contributed by atoms with Crippen molar-refractivity contribution in [2.24, 2.45) is 0 Å². The first-order valence-electron chi connectivity index (χ1n) is 9.58. The number of carbonyl (C=O) groups excluding carboxylic acids is 2. The fraction of sp³-hybridized carbons (Fsp3) is 0.429. The molecule has 0 radical (unpaired) electrons. The number of carbonyl (C=O) groups is 3. The average molecular weight is 399 g/mol. The number of pyridine rings is 1. The minimum Gasteiger partial charge on any atom is -0.497 e. The standard InChI is InChI=1S/C21H25N3O5/c1-12(21(27)28)24(9-8-22-13(2)25)20(26)17-11-19(14-4-5-14)23-18-7-6-15(29-3)10-16(17)18/h6-7,10-12,14H,4-5,8-9H2,1-3H3,(H,22,25)(H,27,28). The molecule has 1 aromatic heterocycles. The maximum atomic E-state index is 13.5. The van der Waals surface area contributed by atoms with Gasteiger partial charge in [0.2, 0.25) is 5.91 Å². The monoisotopic (exact) mass is 399 g/mol. The summed E-state index contributed by atoms with van der Waals surface area (Å²) < 4.78 is 5.29. The van der Waals surface area contributed by atoms with Crippen LogP contribution < -0.4 is 10.1 Å². The van der Waals surface area contributed by atoms with Gasteiger partial charge in [-0.15, -0.1) is 0 Å². The third kappa shape index (κ3) is 4.64. The summed E-state index contributed by atoms with van der Waals surface area (Å²) in [7, 11) is 1.54. The van der Waals surface area contributed by atoms with Crippen molar-refractivity contribution in [2.75, 3.05) is 20.2 Å². The van der Waals surface area contributed by atoms with Crippen LogP contribution in [0.25, 0.3) is 10.9 Å². The van der Waals surface area contributed by atoms with E-state index in [1.807, 2.05) is 0 Å². The van der Waals surface area contributed by atoms with E-state index >= 15 is 0 Å². The summed E-state index contributed by atoms with van der Waals surface area (Å²) in [5.41, 5.74) is 1.91. The number of hydrogen-bond acceptors (Lipinski definition) is 5. The highest BCUT2D eigenvalue weighted by atomic mass is 16.5. The maximum absolute atomic E-state index is 13.5. The van der Waals surface area contributed by atoms with E-state index in [9.17, 15) is 19.5 Å². The van der Waals surface area contributed by atoms with Crippen LogP contribution in [0.15, 0.2) is 24.3 Å². The Hall–Kier alpha value is -3.16. The Labute approximate surface area is 168 Å². The number of hydrogen-bond donors (Lipinski definition) is 2. The molecule has 2 aromatic rings. The Morgan fingerprint density at radius 3 is 2.62 bits per heavy atom. The highest BCUT2D eigenvalue weighted by Gasteiger charge is 2.31. The normalized spacial score (nSPS) is 14.3. The molecule has 1 atom stereocenters. The van der Waals surface area contributed by atoms with Gasteiger partial charge in [-0.05, 0) is 44.0 Å². The molecule has 1 aliphatic rings. The molecule has 1 saturated carbocycles. The van der Waals surface area contributed by atoms with Crippen LogP contribution in [-0.4, -0.2) is 59.0 Å². The molecule has 3 rings (SSSR count). The van der Waals surface area contributed by atoms with Gasteiger partial charge in [0.05, 0.1) is 18.2 Å². The van der Waals surface area contributed by atoms with Gasteiger partial charge in [0, 0.05) is 37.0 Å². The Bertz CT molecular complexity index is 955. The minimum absolute atomic E-state index is 0.0818. The van der Waals surface area contributed by atoms with E-state index in [4.69, 9.17) is 4.74 Å². The third-order valence-corrected chi connectivity index (χ3v) is 5.07. The highest BCUT2D eigenvalue weighted by Crippen LogP contribution is 2.40. The van der Waals surface area contributed by atoms with Crippen LogP contribution in [-0.2, 0) is 9.59 Å². The van der Waals surface area contributed by atoms with E-state index in [1.165, 1.54) is 18.7 Å². The number of fused-ring (bicyclic) bond motifs is 1. The van der Waals surface area contributed by atoms with Gasteiger partial charge in [0.15, 0.2) is 0 Å². The number of nitrogens with one attached hydrogen (secondary N) is 1. The van der Waals surface area contributed by atoms with E-state index in [0.29, 0.717) is 28.1 Å². The summed E-state index contributed by atoms with van der Waals surface area (Å²) in [6.45, 7) is 3.08. The fourth-order valence-electron chi connectivity index (χ4n) is 3.23. The van der Waals surface area contributed by atoms with Crippen LogP contribution in [0.3, 0.4) is 0 Å². The molecular formula is C21H25N3O5. The Morgan fingerprint density at radius 1 is 1.31 bits per heavy atom. The van der Waals surface area contributed by atoms with Crippen molar-refractivity contribution in [3.8, 4) is 5.75 Å². The summed E-state index contributed by atoms with van der Waals surface area (Å²) in [6, 6.07) is 6.05. The molecule has 1 unspecified atom stereocenters. The van der Waals surface area contributed by atoms with Crippen LogP contribution in [0.4, 0.5) is 0 Å². The zero-order valence-corrected chi connectivity index (χ0v) is 16.8. The number of aromatic nitrogens is 1. The Balaban J connectivity index is 2.04. The number of nitrogens with zero attached hydrogens (tertiary/aromatic N) is 2. The second-order valence-electron chi connectivity index (χ2n) is 7.25. The first kappa shape index (κ1) is 20.6. The number of benzene rings is 1. The minimum atomic E-state index is -1.11. The van der Waals surface area contributed by atoms with Crippen LogP contribution in [0.5, 0.6) is 5.75 Å².